The molecule has 3 rings (SSSR count). The van der Waals surface area contributed by atoms with Crippen molar-refractivity contribution in [2.75, 3.05) is 33.9 Å². The SMILES string of the molecule is CN=C(NCc1ccc(Oc2cccc(F)c2)nc1)N(C)CCC1CCOCC1.I. The van der Waals surface area contributed by atoms with Gasteiger partial charge in [-0.2, -0.15) is 0 Å². The Morgan fingerprint density at radius 2 is 2.10 bits per heavy atom. The minimum absolute atomic E-state index is 0. The Morgan fingerprint density at radius 3 is 2.77 bits per heavy atom. The lowest BCUT2D eigenvalue weighted by Gasteiger charge is -2.26. The first-order chi connectivity index (χ1) is 14.1. The van der Waals surface area contributed by atoms with Crippen LogP contribution in [0.1, 0.15) is 24.8 Å². The van der Waals surface area contributed by atoms with Gasteiger partial charge in [-0.1, -0.05) is 12.1 Å². The molecule has 0 spiro atoms. The highest BCUT2D eigenvalue weighted by atomic mass is 127. The number of hydrogen-bond acceptors (Lipinski definition) is 4. The maximum atomic E-state index is 13.2. The van der Waals surface area contributed by atoms with Gasteiger partial charge in [0, 0.05) is 58.7 Å². The molecule has 164 valence electrons. The van der Waals surface area contributed by atoms with E-state index in [9.17, 15) is 4.39 Å². The summed E-state index contributed by atoms with van der Waals surface area (Å²) >= 11 is 0. The number of pyridine rings is 1. The van der Waals surface area contributed by atoms with Crippen LogP contribution in [0.4, 0.5) is 4.39 Å². The largest absolute Gasteiger partial charge is 0.439 e. The molecule has 1 saturated heterocycles. The van der Waals surface area contributed by atoms with E-state index >= 15 is 0 Å². The van der Waals surface area contributed by atoms with E-state index in [1.54, 1.807) is 31.4 Å². The van der Waals surface area contributed by atoms with Crippen LogP contribution in [0.5, 0.6) is 11.6 Å². The number of nitrogens with zero attached hydrogens (tertiary/aromatic N) is 3. The molecule has 0 bridgehead atoms. The van der Waals surface area contributed by atoms with Gasteiger partial charge in [-0.15, -0.1) is 24.0 Å². The Hall–Kier alpha value is -1.94. The summed E-state index contributed by atoms with van der Waals surface area (Å²) in [4.78, 5) is 10.8. The summed E-state index contributed by atoms with van der Waals surface area (Å²) < 4.78 is 24.2. The number of nitrogens with one attached hydrogen (secondary N) is 1. The molecule has 1 aliphatic rings. The molecule has 0 saturated carbocycles. The van der Waals surface area contributed by atoms with Crippen molar-refractivity contribution >= 4 is 29.9 Å². The van der Waals surface area contributed by atoms with E-state index in [2.05, 4.69) is 27.2 Å². The van der Waals surface area contributed by atoms with E-state index in [0.717, 1.165) is 56.5 Å². The van der Waals surface area contributed by atoms with Crippen molar-refractivity contribution in [3.63, 3.8) is 0 Å². The summed E-state index contributed by atoms with van der Waals surface area (Å²) in [5.41, 5.74) is 1.01. The first kappa shape index (κ1) is 24.3. The van der Waals surface area contributed by atoms with Crippen LogP contribution in [-0.2, 0) is 11.3 Å². The summed E-state index contributed by atoms with van der Waals surface area (Å²) in [7, 11) is 3.85. The average Bonchev–Trinajstić information content (AvgIpc) is 2.74. The zero-order valence-corrected chi connectivity index (χ0v) is 19.8. The third-order valence-electron chi connectivity index (χ3n) is 5.05. The second-order valence-corrected chi connectivity index (χ2v) is 7.23. The van der Waals surface area contributed by atoms with Crippen LogP contribution in [0.15, 0.2) is 47.6 Å². The number of aromatic nitrogens is 1. The minimum atomic E-state index is -0.337. The summed E-state index contributed by atoms with van der Waals surface area (Å²) in [6.07, 6.45) is 5.19. The second-order valence-electron chi connectivity index (χ2n) is 7.23. The molecule has 0 unspecified atom stereocenters. The molecule has 1 aliphatic heterocycles. The van der Waals surface area contributed by atoms with Gasteiger partial charge in [-0.05, 0) is 42.9 Å². The highest BCUT2D eigenvalue weighted by molar-refractivity contribution is 14.0. The zero-order valence-electron chi connectivity index (χ0n) is 17.5. The van der Waals surface area contributed by atoms with Gasteiger partial charge in [0.05, 0.1) is 0 Å². The van der Waals surface area contributed by atoms with Gasteiger partial charge in [0.15, 0.2) is 5.96 Å². The Labute approximate surface area is 194 Å². The predicted molar refractivity (Wildman–Crippen MR) is 127 cm³/mol. The van der Waals surface area contributed by atoms with Crippen LogP contribution >= 0.6 is 24.0 Å². The van der Waals surface area contributed by atoms with E-state index in [-0.39, 0.29) is 29.8 Å². The number of benzene rings is 1. The monoisotopic (exact) mass is 528 g/mol. The molecule has 1 N–H and O–H groups in total. The molecule has 1 aromatic carbocycles. The Kier molecular flexibility index (Phi) is 10.3. The molecule has 1 fully saturated rings. The summed E-state index contributed by atoms with van der Waals surface area (Å²) in [6.45, 7) is 3.34. The fourth-order valence-corrected chi connectivity index (χ4v) is 3.31. The number of aliphatic imine (C=N–C) groups is 1. The van der Waals surface area contributed by atoms with Crippen LogP contribution in [0.3, 0.4) is 0 Å². The molecule has 2 heterocycles. The lowest BCUT2D eigenvalue weighted by Crippen LogP contribution is -2.39. The van der Waals surface area contributed by atoms with Crippen LogP contribution in [0, 0.1) is 11.7 Å². The molecule has 1 aromatic heterocycles. The van der Waals surface area contributed by atoms with Gasteiger partial charge in [0.2, 0.25) is 5.88 Å². The van der Waals surface area contributed by atoms with Crippen molar-refractivity contribution in [3.05, 3.63) is 54.0 Å². The topological polar surface area (TPSA) is 59.0 Å². The van der Waals surface area contributed by atoms with E-state index in [0.29, 0.717) is 18.2 Å². The lowest BCUT2D eigenvalue weighted by molar-refractivity contribution is 0.0625. The second kappa shape index (κ2) is 12.7. The van der Waals surface area contributed by atoms with Crippen LogP contribution in [0.2, 0.25) is 0 Å². The quantitative estimate of drug-likeness (QED) is 0.327. The molecule has 0 aliphatic carbocycles. The fraction of sp³-hybridized carbons (Fsp3) is 0.455. The smallest absolute Gasteiger partial charge is 0.219 e. The van der Waals surface area contributed by atoms with Gasteiger partial charge < -0.3 is 19.7 Å². The highest BCUT2D eigenvalue weighted by Gasteiger charge is 2.15. The number of guanidine groups is 1. The molecule has 2 aromatic rings. The number of ether oxygens (including phenoxy) is 2. The number of halogens is 2. The normalized spacial score (nSPS) is 14.7. The first-order valence-electron chi connectivity index (χ1n) is 10.0. The van der Waals surface area contributed by atoms with E-state index in [1.165, 1.54) is 12.1 Å². The minimum Gasteiger partial charge on any atom is -0.439 e. The predicted octanol–water partition coefficient (Wildman–Crippen LogP) is 4.45. The molecular formula is C22H30FIN4O2. The van der Waals surface area contributed by atoms with Crippen molar-refractivity contribution < 1.29 is 13.9 Å². The van der Waals surface area contributed by atoms with E-state index < -0.39 is 0 Å². The maximum Gasteiger partial charge on any atom is 0.219 e. The van der Waals surface area contributed by atoms with Crippen LogP contribution in [0.25, 0.3) is 0 Å². The van der Waals surface area contributed by atoms with Crippen LogP contribution < -0.4 is 10.1 Å². The van der Waals surface area contributed by atoms with Gasteiger partial charge in [-0.25, -0.2) is 9.37 Å². The van der Waals surface area contributed by atoms with E-state index in [1.807, 2.05) is 6.07 Å². The summed E-state index contributed by atoms with van der Waals surface area (Å²) in [6, 6.07) is 9.72. The first-order valence-corrected chi connectivity index (χ1v) is 10.0. The molecule has 0 atom stereocenters. The summed E-state index contributed by atoms with van der Waals surface area (Å²) in [5, 5.41) is 3.37. The molecule has 8 heteroatoms. The maximum absolute atomic E-state index is 13.2. The summed E-state index contributed by atoms with van der Waals surface area (Å²) in [5.74, 6) is 2.11. The lowest BCUT2D eigenvalue weighted by atomic mass is 9.96. The Bertz CT molecular complexity index is 798. The average molecular weight is 528 g/mol. The Morgan fingerprint density at radius 1 is 1.30 bits per heavy atom. The van der Waals surface area contributed by atoms with E-state index in [4.69, 9.17) is 9.47 Å². The molecular weight excluding hydrogens is 498 g/mol. The number of rotatable bonds is 7. The van der Waals surface area contributed by atoms with Crippen LogP contribution in [-0.4, -0.2) is 49.7 Å². The van der Waals surface area contributed by atoms with Crippen molar-refractivity contribution in [1.82, 2.24) is 15.2 Å². The molecule has 0 amide bonds. The zero-order chi connectivity index (χ0) is 20.5. The van der Waals surface area contributed by atoms with Crippen molar-refractivity contribution in [1.29, 1.82) is 0 Å². The van der Waals surface area contributed by atoms with Gasteiger partial charge in [0.25, 0.3) is 0 Å². The van der Waals surface area contributed by atoms with Gasteiger partial charge in [-0.3, -0.25) is 4.99 Å². The number of hydrogen-bond donors (Lipinski definition) is 1. The third kappa shape index (κ3) is 7.71. The third-order valence-corrected chi connectivity index (χ3v) is 5.05. The molecule has 6 nitrogen and oxygen atoms in total. The molecule has 30 heavy (non-hydrogen) atoms. The van der Waals surface area contributed by atoms with Crippen molar-refractivity contribution in [2.45, 2.75) is 25.8 Å². The Balaban J connectivity index is 0.00000320. The van der Waals surface area contributed by atoms with Crippen molar-refractivity contribution in [2.24, 2.45) is 10.9 Å². The molecule has 0 radical (unpaired) electrons. The fourth-order valence-electron chi connectivity index (χ4n) is 3.31. The van der Waals surface area contributed by atoms with Gasteiger partial charge in [0.1, 0.15) is 11.6 Å². The highest BCUT2D eigenvalue weighted by Crippen LogP contribution is 2.20. The standard InChI is InChI=1S/C22H29FN4O2.HI/c1-24-22(27(2)11-8-17-9-12-28-13-10-17)26-16-18-6-7-21(25-15-18)29-20-5-3-4-19(23)14-20;/h3-7,14-15,17H,8-13,16H2,1-2H3,(H,24,26);1H. The van der Waals surface area contributed by atoms with Gasteiger partial charge >= 0.3 is 0 Å². The van der Waals surface area contributed by atoms with Crippen molar-refractivity contribution in [3.8, 4) is 11.6 Å².